The van der Waals surface area contributed by atoms with Gasteiger partial charge in [-0.25, -0.2) is 0 Å². The molecular formula is C72H128N4Si4Ti. The van der Waals surface area contributed by atoms with E-state index in [1.165, 1.54) is 103 Å². The molecule has 0 radical (unpaired) electrons. The van der Waals surface area contributed by atoms with Gasteiger partial charge >= 0.3 is 21.7 Å². The molecule has 81 heavy (non-hydrogen) atoms. The molecule has 0 saturated heterocycles. The molecular weight excluding hydrogens is 1080 g/mol. The Morgan fingerprint density at radius 2 is 0.383 bits per heavy atom. The third kappa shape index (κ3) is 14.8. The summed E-state index contributed by atoms with van der Waals surface area (Å²) in [5, 5.41) is 23.2. The van der Waals surface area contributed by atoms with Crippen LogP contribution in [0.2, 0.25) is 72.5 Å². The van der Waals surface area contributed by atoms with Gasteiger partial charge in [-0.05, 0) is 41.8 Å². The quantitative estimate of drug-likeness (QED) is 0.138. The predicted molar refractivity (Wildman–Crippen MR) is 373 cm³/mol. The Kier molecular flexibility index (Phi) is 25.4. The van der Waals surface area contributed by atoms with E-state index in [-0.39, 0.29) is 65.5 Å². The van der Waals surface area contributed by atoms with E-state index in [1.807, 2.05) is 0 Å². The van der Waals surface area contributed by atoms with Gasteiger partial charge in [0.25, 0.3) is 0 Å². The fraction of sp³-hybridized carbons (Fsp3) is 0.778. The van der Waals surface area contributed by atoms with Crippen molar-refractivity contribution in [1.29, 1.82) is 0 Å². The summed E-state index contributed by atoms with van der Waals surface area (Å²) in [6.07, 6.45) is 56.4. The van der Waals surface area contributed by atoms with Crippen LogP contribution in [-0.2, 0) is 21.7 Å². The molecule has 8 aliphatic carbocycles. The molecule has 0 aliphatic heterocycles. The Morgan fingerprint density at radius 3 is 0.519 bits per heavy atom. The van der Waals surface area contributed by atoms with Gasteiger partial charge in [0.1, 0.15) is 0 Å². The third-order valence-electron chi connectivity index (χ3n) is 27.3. The summed E-state index contributed by atoms with van der Waals surface area (Å²) in [5.74, 6) is 0. The first-order chi connectivity index (χ1) is 36.9. The second-order valence-corrected chi connectivity index (χ2v) is 46.6. The fourth-order valence-electron chi connectivity index (χ4n) is 17.1. The van der Waals surface area contributed by atoms with Crippen LogP contribution in [0.1, 0.15) is 214 Å². The van der Waals surface area contributed by atoms with E-state index >= 15 is 0 Å². The molecule has 4 fully saturated rings. The number of rotatable bonds is 12. The molecule has 8 rings (SSSR count). The van der Waals surface area contributed by atoms with Crippen LogP contribution < -0.4 is 0 Å². The summed E-state index contributed by atoms with van der Waals surface area (Å²) >= 11 is 0. The predicted octanol–water partition coefficient (Wildman–Crippen LogP) is 21.8. The molecule has 8 atom stereocenters. The van der Waals surface area contributed by atoms with Crippen LogP contribution >= 0.6 is 0 Å². The Labute approximate surface area is 525 Å². The maximum absolute atomic E-state index is 5.31. The Morgan fingerprint density at radius 1 is 0.247 bits per heavy atom. The van der Waals surface area contributed by atoms with Crippen LogP contribution in [0, 0.1) is 21.7 Å². The SMILES string of the molecule is C[SiH](C)C1(C)CCCCC(C)([N-]C2C=CC=C2)C1(C)C.C[SiH](C)C1(C)CCCCC(C)([N-]C2C=CC=C2)C1(C)C.C[SiH](C)C1(C)CCCCC(C)([N-]C2C=CC=C2)C1(C)C.C[SiH](C)C1(C)CCCCC(C)([N-]C2C=CC=C2)C1(C)C.[Ti+4]. The van der Waals surface area contributed by atoms with Crippen molar-refractivity contribution in [2.45, 2.75) is 332 Å². The molecule has 0 aromatic rings. The van der Waals surface area contributed by atoms with Crippen LogP contribution in [0.3, 0.4) is 0 Å². The fourth-order valence-corrected chi connectivity index (χ4v) is 27.2. The minimum atomic E-state index is -0.746. The molecule has 0 heterocycles. The third-order valence-corrected chi connectivity index (χ3v) is 41.5. The van der Waals surface area contributed by atoms with E-state index in [0.29, 0.717) is 44.3 Å². The summed E-state index contributed by atoms with van der Waals surface area (Å²) in [5.41, 5.74) is 1.50. The summed E-state index contributed by atoms with van der Waals surface area (Å²) < 4.78 is 0. The number of hydrogen-bond donors (Lipinski definition) is 0. The molecule has 0 aromatic heterocycles. The molecule has 9 heteroatoms. The zero-order valence-corrected chi connectivity index (χ0v) is 63.6. The van der Waals surface area contributed by atoms with Crippen molar-refractivity contribution in [3.8, 4) is 0 Å². The van der Waals surface area contributed by atoms with E-state index in [4.69, 9.17) is 21.3 Å². The van der Waals surface area contributed by atoms with Gasteiger partial charge in [-0.1, -0.05) is 387 Å². The molecule has 0 aromatic carbocycles. The summed E-state index contributed by atoms with van der Waals surface area (Å²) in [7, 11) is -2.99. The molecule has 8 aliphatic rings. The zero-order chi connectivity index (χ0) is 60.1. The molecule has 4 nitrogen and oxygen atoms in total. The van der Waals surface area contributed by atoms with Crippen LogP contribution in [0.4, 0.5) is 0 Å². The average molecular weight is 1210 g/mol. The van der Waals surface area contributed by atoms with Gasteiger partial charge in [-0.3, -0.25) is 0 Å². The van der Waals surface area contributed by atoms with E-state index in [2.05, 4.69) is 260 Å². The first-order valence-electron chi connectivity index (χ1n) is 33.2. The summed E-state index contributed by atoms with van der Waals surface area (Å²) in [6.45, 7) is 60.2. The molecule has 0 amide bonds. The molecule has 0 spiro atoms. The topological polar surface area (TPSA) is 56.4 Å². The largest absolute Gasteiger partial charge is 4.00 e. The smallest absolute Gasteiger partial charge is 0.647 e. The van der Waals surface area contributed by atoms with Crippen molar-refractivity contribution < 1.29 is 21.7 Å². The summed E-state index contributed by atoms with van der Waals surface area (Å²) in [6, 6.07) is 1.21. The first kappa shape index (κ1) is 72.8. The van der Waals surface area contributed by atoms with Crippen molar-refractivity contribution in [1.82, 2.24) is 0 Å². The van der Waals surface area contributed by atoms with Crippen LogP contribution in [0.15, 0.2) is 97.2 Å². The normalized spacial score (nSPS) is 37.1. The Hall–Kier alpha value is -0.658. The van der Waals surface area contributed by atoms with E-state index in [9.17, 15) is 0 Å². The van der Waals surface area contributed by atoms with E-state index < -0.39 is 35.2 Å². The second-order valence-electron chi connectivity index (χ2n) is 32.3. The second kappa shape index (κ2) is 28.2. The minimum Gasteiger partial charge on any atom is -0.647 e. The van der Waals surface area contributed by atoms with Crippen molar-refractivity contribution in [2.24, 2.45) is 21.7 Å². The van der Waals surface area contributed by atoms with Gasteiger partial charge in [-0.2, -0.15) is 0 Å². The first-order valence-corrected chi connectivity index (χ1v) is 44.7. The standard InChI is InChI=1S/4C18H32NSi.Ti/c4*1-16(2)17(3,19-15-11-7-8-12-15)13-9-10-14-18(16,4)20(5)6;/h4*7-8,11-12,15,20H,9-10,13-14H2,1-6H3;/q4*-1;+4. The van der Waals surface area contributed by atoms with Gasteiger partial charge in [-0.15, -0.1) is 22.2 Å². The van der Waals surface area contributed by atoms with Gasteiger partial charge < -0.3 is 21.3 Å². The average Bonchev–Trinajstić information content (AvgIpc) is 4.24. The van der Waals surface area contributed by atoms with Crippen LogP contribution in [-0.4, -0.2) is 81.5 Å². The van der Waals surface area contributed by atoms with Crippen molar-refractivity contribution >= 4 is 35.2 Å². The van der Waals surface area contributed by atoms with E-state index in [0.717, 1.165) is 0 Å². The Balaban J connectivity index is 0.000000231. The number of hydrogen-bond acceptors (Lipinski definition) is 0. The van der Waals surface area contributed by atoms with Crippen LogP contribution in [0.25, 0.3) is 21.3 Å². The van der Waals surface area contributed by atoms with Crippen LogP contribution in [0.5, 0.6) is 0 Å². The zero-order valence-electron chi connectivity index (χ0n) is 57.5. The van der Waals surface area contributed by atoms with Crippen molar-refractivity contribution in [3.63, 3.8) is 0 Å². The number of allylic oxidation sites excluding steroid dienone is 8. The maximum atomic E-state index is 5.31. The molecule has 456 valence electrons. The molecule has 4 saturated carbocycles. The summed E-state index contributed by atoms with van der Waals surface area (Å²) in [4.78, 5) is 0. The van der Waals surface area contributed by atoms with Crippen molar-refractivity contribution in [2.75, 3.05) is 0 Å². The van der Waals surface area contributed by atoms with Gasteiger partial charge in [0.2, 0.25) is 0 Å². The van der Waals surface area contributed by atoms with Gasteiger partial charge in [0.15, 0.2) is 0 Å². The van der Waals surface area contributed by atoms with Crippen molar-refractivity contribution in [3.05, 3.63) is 118 Å². The van der Waals surface area contributed by atoms with Gasteiger partial charge in [0.05, 0.1) is 0 Å². The maximum Gasteiger partial charge on any atom is 4.00 e. The Bertz CT molecular complexity index is 1910. The number of nitrogens with zero attached hydrogens (tertiary/aromatic N) is 4. The molecule has 0 bridgehead atoms. The van der Waals surface area contributed by atoms with E-state index in [1.54, 1.807) is 0 Å². The van der Waals surface area contributed by atoms with Gasteiger partial charge in [0, 0.05) is 35.2 Å². The monoisotopic (exact) mass is 1210 g/mol. The molecule has 0 N–H and O–H groups in total. The minimum absolute atomic E-state index is 0. The molecule has 8 unspecified atom stereocenters.